The molecule has 2 fully saturated rings. The third-order valence-corrected chi connectivity index (χ3v) is 21.2. The minimum Gasteiger partial charge on any atom is -0.414 e. The second kappa shape index (κ2) is 16.3. The summed E-state index contributed by atoms with van der Waals surface area (Å²) in [6, 6.07) is 7.28. The van der Waals surface area contributed by atoms with E-state index in [1.54, 1.807) is 0 Å². The SMILES string of the molecule is CC[Si](CC)(CC)O[C@H]1C[C@H](C#CCCN=[N+]=[N-])C[C@]2(C)[C@@H]([C@H](C)CCCC(C)(C)O[Si](CC)(CC)CC)CC[C@@H]12. The number of nitrogens with zero attached hydrogens (tertiary/aromatic N) is 3. The number of hydrogen-bond donors (Lipinski definition) is 0. The summed E-state index contributed by atoms with van der Waals surface area (Å²) in [4.78, 5) is 2.89. The number of rotatable bonds is 17. The third-order valence-electron chi connectivity index (χ3n) is 11.7. The first-order valence-electron chi connectivity index (χ1n) is 17.3. The first-order chi connectivity index (χ1) is 19.4. The van der Waals surface area contributed by atoms with Gasteiger partial charge in [0.15, 0.2) is 16.6 Å². The van der Waals surface area contributed by atoms with Gasteiger partial charge in [0.1, 0.15) is 0 Å². The number of fused-ring (bicyclic) bond motifs is 1. The van der Waals surface area contributed by atoms with Gasteiger partial charge in [0.05, 0.1) is 5.60 Å². The van der Waals surface area contributed by atoms with Gasteiger partial charge in [0.25, 0.3) is 0 Å². The van der Waals surface area contributed by atoms with Gasteiger partial charge in [-0.25, -0.2) is 0 Å². The van der Waals surface area contributed by atoms with E-state index in [4.69, 9.17) is 14.4 Å². The van der Waals surface area contributed by atoms with E-state index in [9.17, 15) is 0 Å². The first-order valence-corrected chi connectivity index (χ1v) is 22.4. The average molecular weight is 604 g/mol. The predicted molar refractivity (Wildman–Crippen MR) is 181 cm³/mol. The molecule has 0 amide bonds. The number of hydrogen-bond acceptors (Lipinski definition) is 3. The Morgan fingerprint density at radius 3 is 2.17 bits per heavy atom. The van der Waals surface area contributed by atoms with Crippen LogP contribution >= 0.6 is 0 Å². The summed E-state index contributed by atoms with van der Waals surface area (Å²) >= 11 is 0. The molecule has 6 atom stereocenters. The lowest BCUT2D eigenvalue weighted by Crippen LogP contribution is -2.50. The van der Waals surface area contributed by atoms with Gasteiger partial charge in [-0.1, -0.05) is 79.3 Å². The van der Waals surface area contributed by atoms with Gasteiger partial charge in [-0.3, -0.25) is 0 Å². The molecule has 41 heavy (non-hydrogen) atoms. The van der Waals surface area contributed by atoms with Crippen molar-refractivity contribution in [1.29, 1.82) is 0 Å². The fourth-order valence-electron chi connectivity index (χ4n) is 8.78. The second-order valence-electron chi connectivity index (χ2n) is 14.3. The highest BCUT2D eigenvalue weighted by atomic mass is 28.4. The molecule has 0 saturated heterocycles. The van der Waals surface area contributed by atoms with E-state index < -0.39 is 16.6 Å². The summed E-state index contributed by atoms with van der Waals surface area (Å²) in [6.07, 6.45) is 9.58. The summed E-state index contributed by atoms with van der Waals surface area (Å²) in [5.74, 6) is 9.47. The second-order valence-corrected chi connectivity index (χ2v) is 23.7. The quantitative estimate of drug-likeness (QED) is 0.0414. The van der Waals surface area contributed by atoms with E-state index >= 15 is 0 Å². The monoisotopic (exact) mass is 603 g/mol. The van der Waals surface area contributed by atoms with Crippen LogP contribution in [0.5, 0.6) is 0 Å². The molecule has 0 N–H and O–H groups in total. The van der Waals surface area contributed by atoms with Crippen molar-refractivity contribution in [2.75, 3.05) is 6.54 Å². The van der Waals surface area contributed by atoms with Crippen LogP contribution in [0.25, 0.3) is 10.4 Å². The molecule has 0 aromatic rings. The zero-order valence-corrected chi connectivity index (χ0v) is 30.7. The fourth-order valence-corrected chi connectivity index (χ4v) is 14.9. The summed E-state index contributed by atoms with van der Waals surface area (Å²) in [6.45, 7) is 24.3. The maximum Gasteiger partial charge on any atom is 0.192 e. The maximum absolute atomic E-state index is 8.63. The van der Waals surface area contributed by atoms with Gasteiger partial charge >= 0.3 is 0 Å². The highest BCUT2D eigenvalue weighted by Crippen LogP contribution is 2.60. The van der Waals surface area contributed by atoms with Crippen molar-refractivity contribution in [2.45, 2.75) is 169 Å². The summed E-state index contributed by atoms with van der Waals surface area (Å²) in [5.41, 5.74) is 8.88. The molecule has 0 unspecified atom stereocenters. The predicted octanol–water partition coefficient (Wildman–Crippen LogP) is 11.1. The third kappa shape index (κ3) is 9.35. The van der Waals surface area contributed by atoms with Crippen LogP contribution in [0, 0.1) is 40.9 Å². The Morgan fingerprint density at radius 2 is 1.61 bits per heavy atom. The number of azide groups is 1. The van der Waals surface area contributed by atoms with Crippen molar-refractivity contribution in [3.05, 3.63) is 10.4 Å². The summed E-state index contributed by atoms with van der Waals surface area (Å²) in [5, 5.41) is 3.68. The summed E-state index contributed by atoms with van der Waals surface area (Å²) in [7, 11) is -3.31. The van der Waals surface area contributed by atoms with Crippen molar-refractivity contribution >= 4 is 16.6 Å². The fraction of sp³-hybridized carbons (Fsp3) is 0.941. The Hall–Kier alpha value is -0.776. The summed E-state index contributed by atoms with van der Waals surface area (Å²) < 4.78 is 14.2. The lowest BCUT2D eigenvalue weighted by molar-refractivity contribution is -0.0346. The van der Waals surface area contributed by atoms with Gasteiger partial charge in [0, 0.05) is 29.9 Å². The van der Waals surface area contributed by atoms with Crippen LogP contribution in [-0.2, 0) is 8.85 Å². The largest absolute Gasteiger partial charge is 0.414 e. The molecule has 0 aliphatic heterocycles. The van der Waals surface area contributed by atoms with Crippen LogP contribution in [0.1, 0.15) is 121 Å². The van der Waals surface area contributed by atoms with Gasteiger partial charge < -0.3 is 8.85 Å². The van der Waals surface area contributed by atoms with E-state index in [-0.39, 0.29) is 11.0 Å². The van der Waals surface area contributed by atoms with Crippen LogP contribution in [0.3, 0.4) is 0 Å². The van der Waals surface area contributed by atoms with Crippen LogP contribution in [0.15, 0.2) is 5.11 Å². The van der Waals surface area contributed by atoms with Crippen LogP contribution in [-0.4, -0.2) is 34.9 Å². The van der Waals surface area contributed by atoms with Crippen LogP contribution < -0.4 is 0 Å². The molecule has 2 aliphatic carbocycles. The van der Waals surface area contributed by atoms with E-state index in [2.05, 4.69) is 91.1 Å². The molecule has 0 aromatic heterocycles. The van der Waals surface area contributed by atoms with Crippen molar-refractivity contribution in [3.63, 3.8) is 0 Å². The topological polar surface area (TPSA) is 67.2 Å². The Kier molecular flexibility index (Phi) is 14.5. The van der Waals surface area contributed by atoms with Gasteiger partial charge in [0.2, 0.25) is 0 Å². The van der Waals surface area contributed by atoms with Crippen molar-refractivity contribution < 1.29 is 8.85 Å². The smallest absolute Gasteiger partial charge is 0.192 e. The van der Waals surface area contributed by atoms with Gasteiger partial charge in [-0.05, 0) is 111 Å². The van der Waals surface area contributed by atoms with Gasteiger partial charge in [-0.15, -0.1) is 5.92 Å². The lowest BCUT2D eigenvalue weighted by Gasteiger charge is -2.50. The molecule has 2 saturated carbocycles. The van der Waals surface area contributed by atoms with E-state index in [0.29, 0.717) is 36.8 Å². The Labute approximate surface area is 256 Å². The van der Waals surface area contributed by atoms with Crippen LogP contribution in [0.4, 0.5) is 0 Å². The molecule has 0 heterocycles. The molecule has 2 aliphatic rings. The maximum atomic E-state index is 8.63. The van der Waals surface area contributed by atoms with Crippen molar-refractivity contribution in [3.8, 4) is 11.8 Å². The van der Waals surface area contributed by atoms with E-state index in [0.717, 1.165) is 18.8 Å². The highest BCUT2D eigenvalue weighted by molar-refractivity contribution is 6.74. The van der Waals surface area contributed by atoms with Gasteiger partial charge in [-0.2, -0.15) is 0 Å². The highest BCUT2D eigenvalue weighted by Gasteiger charge is 2.55. The van der Waals surface area contributed by atoms with Crippen molar-refractivity contribution in [1.82, 2.24) is 0 Å². The van der Waals surface area contributed by atoms with Crippen LogP contribution in [0.2, 0.25) is 36.3 Å². The Bertz CT molecular complexity index is 885. The van der Waals surface area contributed by atoms with E-state index in [1.165, 1.54) is 68.4 Å². The molecule has 0 aromatic carbocycles. The minimum absolute atomic E-state index is 0.0233. The minimum atomic E-state index is -1.71. The molecule has 5 nitrogen and oxygen atoms in total. The molecular formula is C34H65N3O2Si2. The zero-order valence-electron chi connectivity index (χ0n) is 28.7. The van der Waals surface area contributed by atoms with E-state index in [1.807, 2.05) is 0 Å². The Balaban J connectivity index is 2.18. The standard InChI is InChI=1S/C34H65N3O2Si2/c1-11-40(12-2,13-3)38-32-26-29(21-17-18-25-36-37-35)27-34(10)30(22-23-31(32)34)28(7)20-19-24-33(8,9)39-41(14-4,15-5)16-6/h28-32H,11-16,18-20,22-27H2,1-10H3/t28-,29+,30-,31+,32+,34-/m1/s1. The molecule has 0 spiro atoms. The zero-order chi connectivity index (χ0) is 30.7. The van der Waals surface area contributed by atoms with Crippen molar-refractivity contribution in [2.24, 2.45) is 34.2 Å². The molecule has 7 heteroatoms. The average Bonchev–Trinajstić information content (AvgIpc) is 3.31. The molecule has 2 rings (SSSR count). The molecule has 0 bridgehead atoms. The molecule has 0 radical (unpaired) electrons. The molecule has 236 valence electrons. The molecular weight excluding hydrogens is 539 g/mol. The first kappa shape index (κ1) is 36.4. The lowest BCUT2D eigenvalue weighted by atomic mass is 9.59. The Morgan fingerprint density at radius 1 is 1.00 bits per heavy atom. The normalized spacial score (nSPS) is 27.5.